The molecule has 1 fully saturated rings. The minimum Gasteiger partial charge on any atom is -0.493 e. The van der Waals surface area contributed by atoms with Crippen molar-refractivity contribution in [3.05, 3.63) is 36.7 Å². The molecule has 8 heteroatoms. The van der Waals surface area contributed by atoms with Crippen LogP contribution < -0.4 is 19.1 Å². The number of para-hydroxylation sites is 2. The largest absolute Gasteiger partial charge is 0.493 e. The van der Waals surface area contributed by atoms with Crippen molar-refractivity contribution < 1.29 is 19.0 Å². The predicted octanol–water partition coefficient (Wildman–Crippen LogP) is 1.61. The van der Waals surface area contributed by atoms with Gasteiger partial charge < -0.3 is 24.0 Å². The molecular formula is C19H24N4O4. The summed E-state index contributed by atoms with van der Waals surface area (Å²) in [5.41, 5.74) is 0. The van der Waals surface area contributed by atoms with Crippen LogP contribution in [0.15, 0.2) is 36.7 Å². The number of methoxy groups -OCH3 is 1. The van der Waals surface area contributed by atoms with E-state index in [2.05, 4.69) is 9.97 Å². The number of ether oxygens (including phenoxy) is 3. The summed E-state index contributed by atoms with van der Waals surface area (Å²) in [6, 6.07) is 7.26. The van der Waals surface area contributed by atoms with E-state index >= 15 is 0 Å². The third-order valence-electron chi connectivity index (χ3n) is 4.26. The lowest BCUT2D eigenvalue weighted by Crippen LogP contribution is -2.34. The minimum absolute atomic E-state index is 0.0387. The van der Waals surface area contributed by atoms with Gasteiger partial charge in [0, 0.05) is 27.1 Å². The Labute approximate surface area is 158 Å². The van der Waals surface area contributed by atoms with Gasteiger partial charge >= 0.3 is 0 Å². The molecule has 1 saturated heterocycles. The molecule has 0 bridgehead atoms. The Morgan fingerprint density at radius 1 is 1.26 bits per heavy atom. The lowest BCUT2D eigenvalue weighted by molar-refractivity contribution is -0.132. The van der Waals surface area contributed by atoms with E-state index in [1.54, 1.807) is 36.5 Å². The van der Waals surface area contributed by atoms with E-state index in [0.717, 1.165) is 12.2 Å². The molecule has 2 aromatic rings. The highest BCUT2D eigenvalue weighted by Gasteiger charge is 2.28. The summed E-state index contributed by atoms with van der Waals surface area (Å²) in [5.74, 6) is 2.26. The van der Waals surface area contributed by atoms with Crippen LogP contribution in [-0.4, -0.2) is 67.8 Å². The molecule has 2 heterocycles. The first kappa shape index (κ1) is 18.8. The van der Waals surface area contributed by atoms with Gasteiger partial charge in [-0.05, 0) is 12.1 Å². The average molecular weight is 372 g/mol. The van der Waals surface area contributed by atoms with Crippen molar-refractivity contribution in [3.63, 3.8) is 0 Å². The van der Waals surface area contributed by atoms with E-state index in [4.69, 9.17) is 14.2 Å². The van der Waals surface area contributed by atoms with Crippen molar-refractivity contribution in [2.75, 3.05) is 45.8 Å². The third kappa shape index (κ3) is 4.78. The highest BCUT2D eigenvalue weighted by atomic mass is 16.5. The quantitative estimate of drug-likeness (QED) is 0.731. The first-order valence-corrected chi connectivity index (χ1v) is 8.76. The highest BCUT2D eigenvalue weighted by Crippen LogP contribution is 2.26. The maximum absolute atomic E-state index is 12.4. The van der Waals surface area contributed by atoms with E-state index in [0.29, 0.717) is 30.5 Å². The lowest BCUT2D eigenvalue weighted by Gasteiger charge is -2.18. The van der Waals surface area contributed by atoms with Crippen molar-refractivity contribution >= 4 is 11.7 Å². The van der Waals surface area contributed by atoms with Gasteiger partial charge in [-0.3, -0.25) is 9.78 Å². The van der Waals surface area contributed by atoms with Crippen molar-refractivity contribution in [2.45, 2.75) is 12.5 Å². The van der Waals surface area contributed by atoms with Crippen molar-refractivity contribution in [3.8, 4) is 17.4 Å². The molecule has 0 aliphatic carbocycles. The number of likely N-dealkylation sites (tertiary alicyclic amines) is 1. The van der Waals surface area contributed by atoms with Crippen LogP contribution in [0.5, 0.6) is 17.4 Å². The second-order valence-electron chi connectivity index (χ2n) is 6.42. The topological polar surface area (TPSA) is 77.0 Å². The third-order valence-corrected chi connectivity index (χ3v) is 4.26. The van der Waals surface area contributed by atoms with E-state index in [9.17, 15) is 4.79 Å². The SMILES string of the molecule is COc1ccccc1OCC(=O)N1CC[C@@H](Oc2cncc(N(C)C)n2)C1. The Bertz CT molecular complexity index is 784. The maximum Gasteiger partial charge on any atom is 0.260 e. The fourth-order valence-electron chi connectivity index (χ4n) is 2.80. The zero-order chi connectivity index (χ0) is 19.2. The molecule has 1 amide bonds. The zero-order valence-corrected chi connectivity index (χ0v) is 15.8. The molecule has 1 aliphatic heterocycles. The van der Waals surface area contributed by atoms with Crippen LogP contribution in [0.1, 0.15) is 6.42 Å². The van der Waals surface area contributed by atoms with E-state index < -0.39 is 0 Å². The number of carbonyl (C=O) groups is 1. The highest BCUT2D eigenvalue weighted by molar-refractivity contribution is 5.78. The number of hydrogen-bond donors (Lipinski definition) is 0. The van der Waals surface area contributed by atoms with Crippen LogP contribution in [0.3, 0.4) is 0 Å². The summed E-state index contributed by atoms with van der Waals surface area (Å²) in [6.45, 7) is 1.09. The van der Waals surface area contributed by atoms with Crippen molar-refractivity contribution in [1.29, 1.82) is 0 Å². The molecule has 1 aliphatic rings. The van der Waals surface area contributed by atoms with Crippen molar-refractivity contribution in [1.82, 2.24) is 14.9 Å². The molecular weight excluding hydrogens is 348 g/mol. The number of rotatable bonds is 7. The summed E-state index contributed by atoms with van der Waals surface area (Å²) in [5, 5.41) is 0. The smallest absolute Gasteiger partial charge is 0.260 e. The number of carbonyl (C=O) groups excluding carboxylic acids is 1. The molecule has 0 N–H and O–H groups in total. The molecule has 0 spiro atoms. The fraction of sp³-hybridized carbons (Fsp3) is 0.421. The van der Waals surface area contributed by atoms with Crippen LogP contribution in [0.4, 0.5) is 5.82 Å². The fourth-order valence-corrected chi connectivity index (χ4v) is 2.80. The molecule has 0 saturated carbocycles. The number of amides is 1. The number of nitrogens with zero attached hydrogens (tertiary/aromatic N) is 4. The zero-order valence-electron chi connectivity index (χ0n) is 15.8. The second-order valence-corrected chi connectivity index (χ2v) is 6.42. The summed E-state index contributed by atoms with van der Waals surface area (Å²) in [6.07, 6.45) is 3.90. The predicted molar refractivity (Wildman–Crippen MR) is 100 cm³/mol. The number of anilines is 1. The first-order valence-electron chi connectivity index (χ1n) is 8.76. The van der Waals surface area contributed by atoms with Gasteiger partial charge in [0.25, 0.3) is 5.91 Å². The van der Waals surface area contributed by atoms with Crippen LogP contribution in [0, 0.1) is 0 Å². The van der Waals surface area contributed by atoms with Gasteiger partial charge in [-0.1, -0.05) is 12.1 Å². The van der Waals surface area contributed by atoms with Crippen molar-refractivity contribution in [2.24, 2.45) is 0 Å². The molecule has 0 unspecified atom stereocenters. The summed E-state index contributed by atoms with van der Waals surface area (Å²) in [7, 11) is 5.36. The van der Waals surface area contributed by atoms with E-state index in [1.165, 1.54) is 0 Å². The molecule has 8 nitrogen and oxygen atoms in total. The van der Waals surface area contributed by atoms with Gasteiger partial charge in [-0.25, -0.2) is 0 Å². The number of aromatic nitrogens is 2. The van der Waals surface area contributed by atoms with Gasteiger partial charge in [-0.15, -0.1) is 0 Å². The maximum atomic E-state index is 12.4. The minimum atomic E-state index is -0.105. The molecule has 1 aromatic heterocycles. The molecule has 27 heavy (non-hydrogen) atoms. The van der Waals surface area contributed by atoms with E-state index in [-0.39, 0.29) is 18.6 Å². The number of benzene rings is 1. The summed E-state index contributed by atoms with van der Waals surface area (Å²) < 4.78 is 16.7. The Kier molecular flexibility index (Phi) is 5.95. The van der Waals surface area contributed by atoms with Gasteiger partial charge in [-0.2, -0.15) is 4.98 Å². The standard InChI is InChI=1S/C19H24N4O4/c1-22(2)17-10-20-11-18(21-17)27-14-8-9-23(12-14)19(24)13-26-16-7-5-4-6-15(16)25-3/h4-7,10-11,14H,8-9,12-13H2,1-3H3/t14-/m1/s1. The first-order chi connectivity index (χ1) is 13.1. The second kappa shape index (κ2) is 8.57. The number of hydrogen-bond acceptors (Lipinski definition) is 7. The molecule has 0 radical (unpaired) electrons. The normalized spacial score (nSPS) is 16.1. The van der Waals surface area contributed by atoms with Gasteiger partial charge in [0.2, 0.25) is 5.88 Å². The summed E-state index contributed by atoms with van der Waals surface area (Å²) >= 11 is 0. The Morgan fingerprint density at radius 3 is 2.78 bits per heavy atom. The molecule has 1 aromatic carbocycles. The molecule has 3 rings (SSSR count). The molecule has 1 atom stereocenters. The van der Waals surface area contributed by atoms with Crippen LogP contribution >= 0.6 is 0 Å². The monoisotopic (exact) mass is 372 g/mol. The lowest BCUT2D eigenvalue weighted by atomic mass is 10.3. The van der Waals surface area contributed by atoms with E-state index in [1.807, 2.05) is 31.1 Å². The Morgan fingerprint density at radius 2 is 2.04 bits per heavy atom. The van der Waals surface area contributed by atoms with Crippen LogP contribution in [0.2, 0.25) is 0 Å². The Balaban J connectivity index is 1.51. The van der Waals surface area contributed by atoms with Gasteiger partial charge in [0.15, 0.2) is 23.9 Å². The Hall–Kier alpha value is -3.03. The van der Waals surface area contributed by atoms with Gasteiger partial charge in [0.1, 0.15) is 6.10 Å². The van der Waals surface area contributed by atoms with Crippen LogP contribution in [-0.2, 0) is 4.79 Å². The summed E-state index contributed by atoms with van der Waals surface area (Å²) in [4.78, 5) is 24.6. The average Bonchev–Trinajstić information content (AvgIpc) is 3.15. The molecule has 144 valence electrons. The van der Waals surface area contributed by atoms with Gasteiger partial charge in [0.05, 0.1) is 26.0 Å². The van der Waals surface area contributed by atoms with Crippen LogP contribution in [0.25, 0.3) is 0 Å².